The topological polar surface area (TPSA) is 70.6 Å². The summed E-state index contributed by atoms with van der Waals surface area (Å²) in [6.45, 7) is 8.30. The molecule has 122 valence electrons. The summed E-state index contributed by atoms with van der Waals surface area (Å²) in [5, 5.41) is 7.61. The first-order chi connectivity index (χ1) is 11.1. The molecule has 1 N–H and O–H groups in total. The molecule has 1 saturated carbocycles. The van der Waals surface area contributed by atoms with E-state index >= 15 is 0 Å². The zero-order valence-electron chi connectivity index (χ0n) is 14.0. The van der Waals surface area contributed by atoms with Crippen LogP contribution in [0.1, 0.15) is 55.9 Å². The van der Waals surface area contributed by atoms with E-state index in [2.05, 4.69) is 38.9 Å². The van der Waals surface area contributed by atoms with Crippen LogP contribution in [0.25, 0.3) is 0 Å². The zero-order valence-corrected chi connectivity index (χ0v) is 14.0. The van der Waals surface area contributed by atoms with Gasteiger partial charge in [0.15, 0.2) is 5.82 Å². The second kappa shape index (κ2) is 5.58. The largest absolute Gasteiger partial charge is 0.354 e. The maximum Gasteiger partial charge on any atom is 0.153 e. The number of aromatic amines is 1. The third kappa shape index (κ3) is 2.71. The molecule has 6 heteroatoms. The Hall–Kier alpha value is -1.98. The van der Waals surface area contributed by atoms with Gasteiger partial charge in [0.1, 0.15) is 11.6 Å². The van der Waals surface area contributed by atoms with Crippen LogP contribution in [-0.2, 0) is 0 Å². The lowest BCUT2D eigenvalue weighted by Gasteiger charge is -2.18. The van der Waals surface area contributed by atoms with Gasteiger partial charge in [0.2, 0.25) is 0 Å². The van der Waals surface area contributed by atoms with Gasteiger partial charge in [-0.2, -0.15) is 5.10 Å². The number of aromatic nitrogens is 5. The second-order valence-corrected chi connectivity index (χ2v) is 7.21. The molecule has 0 radical (unpaired) electrons. The summed E-state index contributed by atoms with van der Waals surface area (Å²) in [5.74, 6) is 5.24. The molecule has 1 aliphatic heterocycles. The number of nitrogens with one attached hydrogen (secondary N) is 1. The molecule has 2 aromatic rings. The van der Waals surface area contributed by atoms with Crippen molar-refractivity contribution in [1.29, 1.82) is 0 Å². The van der Waals surface area contributed by atoms with E-state index in [1.54, 1.807) is 12.4 Å². The number of rotatable bonds is 4. The fraction of sp³-hybridized carbons (Fsp3) is 0.647. The van der Waals surface area contributed by atoms with Crippen molar-refractivity contribution in [2.45, 2.75) is 45.4 Å². The van der Waals surface area contributed by atoms with Crippen LogP contribution in [-0.4, -0.2) is 38.2 Å². The third-order valence-electron chi connectivity index (χ3n) is 5.14. The molecule has 0 amide bonds. The molecule has 1 saturated heterocycles. The minimum Gasteiger partial charge on any atom is -0.354 e. The Kier molecular flexibility index (Phi) is 3.54. The van der Waals surface area contributed by atoms with Crippen molar-refractivity contribution in [3.8, 4) is 0 Å². The van der Waals surface area contributed by atoms with Gasteiger partial charge < -0.3 is 4.90 Å². The number of hydrogen-bond donors (Lipinski definition) is 1. The van der Waals surface area contributed by atoms with Crippen molar-refractivity contribution in [1.82, 2.24) is 25.1 Å². The van der Waals surface area contributed by atoms with Gasteiger partial charge in [0.05, 0.1) is 5.69 Å². The van der Waals surface area contributed by atoms with Gasteiger partial charge in [-0.05, 0) is 31.6 Å². The van der Waals surface area contributed by atoms with Crippen LogP contribution in [0, 0.1) is 18.8 Å². The molecule has 2 aliphatic rings. The van der Waals surface area contributed by atoms with Crippen molar-refractivity contribution in [2.75, 3.05) is 18.0 Å². The molecule has 2 aromatic heterocycles. The first-order valence-corrected chi connectivity index (χ1v) is 8.58. The molecule has 4 rings (SSSR count). The van der Waals surface area contributed by atoms with Gasteiger partial charge in [-0.25, -0.2) is 9.97 Å². The Bertz CT molecular complexity index is 690. The Balaban J connectivity index is 1.61. The van der Waals surface area contributed by atoms with Crippen molar-refractivity contribution >= 4 is 5.82 Å². The lowest BCUT2D eigenvalue weighted by atomic mass is 9.91. The molecule has 23 heavy (non-hydrogen) atoms. The molecule has 0 bridgehead atoms. The van der Waals surface area contributed by atoms with Crippen LogP contribution in [0.4, 0.5) is 5.82 Å². The van der Waals surface area contributed by atoms with Crippen molar-refractivity contribution in [2.24, 2.45) is 11.8 Å². The molecule has 2 fully saturated rings. The highest BCUT2D eigenvalue weighted by Gasteiger charge is 2.45. The molecular weight excluding hydrogens is 288 g/mol. The Morgan fingerprint density at radius 3 is 2.61 bits per heavy atom. The van der Waals surface area contributed by atoms with E-state index in [-0.39, 0.29) is 0 Å². The number of nitrogens with zero attached hydrogens (tertiary/aromatic N) is 5. The molecule has 1 aliphatic carbocycles. The highest BCUT2D eigenvalue weighted by molar-refractivity contribution is 5.45. The van der Waals surface area contributed by atoms with E-state index < -0.39 is 0 Å². The minimum absolute atomic E-state index is 0.360. The minimum atomic E-state index is 0.360. The van der Waals surface area contributed by atoms with Crippen molar-refractivity contribution < 1.29 is 0 Å². The number of anilines is 1. The predicted octanol–water partition coefficient (Wildman–Crippen LogP) is 2.66. The molecule has 0 aromatic carbocycles. The number of aryl methyl sites for hydroxylation is 1. The van der Waals surface area contributed by atoms with Gasteiger partial charge >= 0.3 is 0 Å². The van der Waals surface area contributed by atoms with Gasteiger partial charge in [-0.15, -0.1) is 0 Å². The molecule has 0 unspecified atom stereocenters. The maximum absolute atomic E-state index is 4.77. The summed E-state index contributed by atoms with van der Waals surface area (Å²) in [7, 11) is 0. The lowest BCUT2D eigenvalue weighted by Crippen LogP contribution is -2.22. The molecule has 0 spiro atoms. The van der Waals surface area contributed by atoms with E-state index in [1.165, 1.54) is 12.8 Å². The fourth-order valence-corrected chi connectivity index (χ4v) is 3.72. The zero-order chi connectivity index (χ0) is 16.0. The van der Waals surface area contributed by atoms with Crippen LogP contribution < -0.4 is 4.90 Å². The van der Waals surface area contributed by atoms with E-state index in [1.807, 2.05) is 6.92 Å². The summed E-state index contributed by atoms with van der Waals surface area (Å²) in [6.07, 6.45) is 6.24. The first-order valence-electron chi connectivity index (χ1n) is 8.58. The van der Waals surface area contributed by atoms with Gasteiger partial charge in [-0.3, -0.25) is 10.1 Å². The third-order valence-corrected chi connectivity index (χ3v) is 5.14. The average molecular weight is 312 g/mol. The van der Waals surface area contributed by atoms with Crippen LogP contribution in [0.15, 0.2) is 12.4 Å². The number of hydrogen-bond acceptors (Lipinski definition) is 5. The first kappa shape index (κ1) is 14.6. The van der Waals surface area contributed by atoms with Gasteiger partial charge in [0, 0.05) is 37.3 Å². The summed E-state index contributed by atoms with van der Waals surface area (Å²) in [6, 6.07) is 0. The van der Waals surface area contributed by atoms with E-state index in [4.69, 9.17) is 4.98 Å². The Morgan fingerprint density at radius 1 is 1.17 bits per heavy atom. The van der Waals surface area contributed by atoms with Crippen LogP contribution in [0.5, 0.6) is 0 Å². The van der Waals surface area contributed by atoms with E-state index in [9.17, 15) is 0 Å². The number of H-pyrrole nitrogens is 1. The van der Waals surface area contributed by atoms with Crippen LogP contribution >= 0.6 is 0 Å². The van der Waals surface area contributed by atoms with E-state index in [0.29, 0.717) is 17.8 Å². The Morgan fingerprint density at radius 2 is 1.96 bits per heavy atom. The standard InChI is InChI=1S/C17H24N6/c1-10(2)15-20-16(22-21-15)14-9-23(8-13(14)12-4-5-12)17-11(3)18-6-7-19-17/h6-7,10,12-14H,4-5,8-9H2,1-3H3,(H,20,21,22)/t13-,14+/m1/s1. The van der Waals surface area contributed by atoms with E-state index in [0.717, 1.165) is 42.2 Å². The summed E-state index contributed by atoms with van der Waals surface area (Å²) < 4.78 is 0. The van der Waals surface area contributed by atoms with Gasteiger partial charge in [0.25, 0.3) is 0 Å². The highest BCUT2D eigenvalue weighted by Crippen LogP contribution is 2.47. The summed E-state index contributed by atoms with van der Waals surface area (Å²) in [5.41, 5.74) is 1.00. The van der Waals surface area contributed by atoms with Crippen molar-refractivity contribution in [3.05, 3.63) is 29.7 Å². The highest BCUT2D eigenvalue weighted by atomic mass is 15.3. The van der Waals surface area contributed by atoms with Crippen molar-refractivity contribution in [3.63, 3.8) is 0 Å². The SMILES string of the molecule is Cc1nccnc1N1C[C@H](c2nc(C(C)C)n[nH]2)[C@@H](C2CC2)C1. The second-order valence-electron chi connectivity index (χ2n) is 7.21. The quantitative estimate of drug-likeness (QED) is 0.940. The molecular formula is C17H24N6. The molecule has 2 atom stereocenters. The normalized spacial score (nSPS) is 24.6. The maximum atomic E-state index is 4.77. The Labute approximate surface area is 136 Å². The average Bonchev–Trinajstić information content (AvgIpc) is 3.10. The summed E-state index contributed by atoms with van der Waals surface area (Å²) in [4.78, 5) is 16.1. The van der Waals surface area contributed by atoms with Crippen LogP contribution in [0.2, 0.25) is 0 Å². The predicted molar refractivity (Wildman–Crippen MR) is 88.4 cm³/mol. The van der Waals surface area contributed by atoms with Crippen LogP contribution in [0.3, 0.4) is 0 Å². The monoisotopic (exact) mass is 312 g/mol. The molecule has 3 heterocycles. The smallest absolute Gasteiger partial charge is 0.153 e. The lowest BCUT2D eigenvalue weighted by molar-refractivity contribution is 0.444. The molecule has 6 nitrogen and oxygen atoms in total. The fourth-order valence-electron chi connectivity index (χ4n) is 3.72. The summed E-state index contributed by atoms with van der Waals surface area (Å²) >= 11 is 0. The van der Waals surface area contributed by atoms with Gasteiger partial charge in [-0.1, -0.05) is 13.8 Å².